The van der Waals surface area contributed by atoms with E-state index in [0.29, 0.717) is 0 Å². The third-order valence-corrected chi connectivity index (χ3v) is 5.76. The van der Waals surface area contributed by atoms with Gasteiger partial charge < -0.3 is 10.1 Å². The van der Waals surface area contributed by atoms with Crippen molar-refractivity contribution in [2.75, 3.05) is 12.4 Å². The minimum absolute atomic E-state index is 0.0319. The molecular weight excluding hydrogens is 415 g/mol. The van der Waals surface area contributed by atoms with E-state index in [9.17, 15) is 18.0 Å². The highest BCUT2D eigenvalue weighted by Gasteiger charge is 2.25. The molecule has 0 spiro atoms. The maximum Gasteiger partial charge on any atom is 0.339 e. The number of amides is 1. The molecule has 2 N–H and O–H groups in total. The minimum atomic E-state index is -4.10. The van der Waals surface area contributed by atoms with E-state index in [1.165, 1.54) is 44.4 Å². The first-order valence-corrected chi connectivity index (χ1v) is 9.85. The number of hydrogen-bond donors (Lipinski definition) is 2. The Labute approximate surface area is 166 Å². The van der Waals surface area contributed by atoms with Gasteiger partial charge in [0.1, 0.15) is 4.90 Å². The van der Waals surface area contributed by atoms with Gasteiger partial charge in [0.05, 0.1) is 29.4 Å². The van der Waals surface area contributed by atoms with Crippen LogP contribution in [0, 0.1) is 0 Å². The van der Waals surface area contributed by atoms with E-state index in [1.807, 2.05) is 0 Å². The summed E-state index contributed by atoms with van der Waals surface area (Å²) in [4.78, 5) is 23.9. The van der Waals surface area contributed by atoms with Gasteiger partial charge in [-0.25, -0.2) is 13.2 Å². The number of ether oxygens (including phenoxy) is 1. The standard InChI is InChI=1S/C17H16Cl2N2O5S/c1-10(21-27(24,25)15-9-11(18)7-8-13(15)19)16(22)20-14-6-4-3-5-12(14)17(23)26-2/h3-10,21H,1-2H3,(H,20,22)/t10-/m0/s1. The number of carbonyl (C=O) groups is 2. The Balaban J connectivity index is 2.19. The van der Waals surface area contributed by atoms with Gasteiger partial charge in [-0.05, 0) is 37.3 Å². The molecule has 0 heterocycles. The lowest BCUT2D eigenvalue weighted by molar-refractivity contribution is -0.117. The number of hydrogen-bond acceptors (Lipinski definition) is 5. The molecular formula is C17H16Cl2N2O5S. The first kappa shape index (κ1) is 21.2. The average molecular weight is 431 g/mol. The lowest BCUT2D eigenvalue weighted by Gasteiger charge is -2.16. The zero-order valence-corrected chi connectivity index (χ0v) is 16.7. The predicted octanol–water partition coefficient (Wildman–Crippen LogP) is 3.09. The van der Waals surface area contributed by atoms with Gasteiger partial charge in [0.25, 0.3) is 0 Å². The van der Waals surface area contributed by atoms with Gasteiger partial charge in [-0.3, -0.25) is 4.79 Å². The zero-order valence-electron chi connectivity index (χ0n) is 14.3. The number of esters is 1. The molecule has 0 saturated heterocycles. The number of nitrogens with one attached hydrogen (secondary N) is 2. The Kier molecular flexibility index (Phi) is 6.83. The molecule has 7 nitrogen and oxygen atoms in total. The fraction of sp³-hybridized carbons (Fsp3) is 0.176. The average Bonchev–Trinajstić information content (AvgIpc) is 2.63. The Morgan fingerprint density at radius 1 is 1.11 bits per heavy atom. The second kappa shape index (κ2) is 8.71. The van der Waals surface area contributed by atoms with Gasteiger partial charge in [0.2, 0.25) is 15.9 Å². The number of carbonyl (C=O) groups excluding carboxylic acids is 2. The molecule has 0 saturated carbocycles. The summed E-state index contributed by atoms with van der Waals surface area (Å²) in [6.07, 6.45) is 0. The topological polar surface area (TPSA) is 102 Å². The van der Waals surface area contributed by atoms with Crippen molar-refractivity contribution in [3.63, 3.8) is 0 Å². The highest BCUT2D eigenvalue weighted by atomic mass is 35.5. The van der Waals surface area contributed by atoms with Crippen LogP contribution in [0.5, 0.6) is 0 Å². The van der Waals surface area contributed by atoms with Gasteiger partial charge in [-0.15, -0.1) is 0 Å². The van der Waals surface area contributed by atoms with E-state index in [0.717, 1.165) is 0 Å². The third kappa shape index (κ3) is 5.20. The molecule has 0 aliphatic rings. The number of halogens is 2. The first-order valence-electron chi connectivity index (χ1n) is 7.61. The highest BCUT2D eigenvalue weighted by molar-refractivity contribution is 7.89. The van der Waals surface area contributed by atoms with Crippen LogP contribution < -0.4 is 10.0 Å². The van der Waals surface area contributed by atoms with Crippen LogP contribution in [0.25, 0.3) is 0 Å². The SMILES string of the molecule is COC(=O)c1ccccc1NC(=O)[C@H](C)NS(=O)(=O)c1cc(Cl)ccc1Cl. The van der Waals surface area contributed by atoms with E-state index in [4.69, 9.17) is 23.2 Å². The summed E-state index contributed by atoms with van der Waals surface area (Å²) in [6.45, 7) is 1.35. The molecule has 2 aromatic rings. The fourth-order valence-electron chi connectivity index (χ4n) is 2.15. The van der Waals surface area contributed by atoms with Crippen molar-refractivity contribution in [2.24, 2.45) is 0 Å². The second-order valence-electron chi connectivity index (χ2n) is 5.44. The van der Waals surface area contributed by atoms with E-state index < -0.39 is 27.9 Å². The summed E-state index contributed by atoms with van der Waals surface area (Å²) >= 11 is 11.7. The molecule has 2 rings (SSSR count). The molecule has 0 fully saturated rings. The lowest BCUT2D eigenvalue weighted by Crippen LogP contribution is -2.41. The number of methoxy groups -OCH3 is 1. The lowest BCUT2D eigenvalue weighted by atomic mass is 10.1. The zero-order chi connectivity index (χ0) is 20.2. The summed E-state index contributed by atoms with van der Waals surface area (Å²) < 4.78 is 31.8. The van der Waals surface area contributed by atoms with Crippen molar-refractivity contribution >= 4 is 50.8 Å². The Bertz CT molecular complexity index is 979. The molecule has 0 bridgehead atoms. The molecule has 0 aliphatic carbocycles. The minimum Gasteiger partial charge on any atom is -0.465 e. The quantitative estimate of drug-likeness (QED) is 0.685. The Morgan fingerprint density at radius 2 is 1.78 bits per heavy atom. The number of sulfonamides is 1. The summed E-state index contributed by atoms with van der Waals surface area (Å²) in [5.74, 6) is -1.31. The van der Waals surface area contributed by atoms with Crippen LogP contribution in [-0.4, -0.2) is 33.4 Å². The molecule has 0 aliphatic heterocycles. The molecule has 144 valence electrons. The van der Waals surface area contributed by atoms with Crippen molar-refractivity contribution in [3.8, 4) is 0 Å². The molecule has 2 aromatic carbocycles. The molecule has 1 atom stereocenters. The normalized spacial score (nSPS) is 12.3. The predicted molar refractivity (Wildman–Crippen MR) is 103 cm³/mol. The number of para-hydroxylation sites is 1. The van der Waals surface area contributed by atoms with Gasteiger partial charge in [0.15, 0.2) is 0 Å². The third-order valence-electron chi connectivity index (χ3n) is 3.50. The maximum absolute atomic E-state index is 12.5. The van der Waals surface area contributed by atoms with Crippen LogP contribution in [0.4, 0.5) is 5.69 Å². The van der Waals surface area contributed by atoms with Crippen LogP contribution in [-0.2, 0) is 19.6 Å². The van der Waals surface area contributed by atoms with Crippen LogP contribution in [0.3, 0.4) is 0 Å². The van der Waals surface area contributed by atoms with Crippen LogP contribution in [0.2, 0.25) is 10.0 Å². The largest absolute Gasteiger partial charge is 0.465 e. The smallest absolute Gasteiger partial charge is 0.339 e. The van der Waals surface area contributed by atoms with E-state index >= 15 is 0 Å². The van der Waals surface area contributed by atoms with E-state index in [1.54, 1.807) is 12.1 Å². The molecule has 1 amide bonds. The van der Waals surface area contributed by atoms with Gasteiger partial charge >= 0.3 is 5.97 Å². The molecule has 10 heteroatoms. The highest BCUT2D eigenvalue weighted by Crippen LogP contribution is 2.25. The summed E-state index contributed by atoms with van der Waals surface area (Å²) in [5, 5.41) is 2.65. The van der Waals surface area contributed by atoms with Gasteiger partial charge in [-0.2, -0.15) is 4.72 Å². The van der Waals surface area contributed by atoms with Gasteiger partial charge in [-0.1, -0.05) is 35.3 Å². The molecule has 0 aromatic heterocycles. The van der Waals surface area contributed by atoms with Crippen molar-refractivity contribution in [3.05, 3.63) is 58.1 Å². The fourth-order valence-corrected chi connectivity index (χ4v) is 4.12. The van der Waals surface area contributed by atoms with Crippen molar-refractivity contribution in [1.82, 2.24) is 4.72 Å². The summed E-state index contributed by atoms with van der Waals surface area (Å²) in [7, 11) is -2.89. The monoisotopic (exact) mass is 430 g/mol. The molecule has 0 radical (unpaired) electrons. The summed E-state index contributed by atoms with van der Waals surface area (Å²) in [5.41, 5.74) is 0.336. The number of benzene rings is 2. The van der Waals surface area contributed by atoms with Crippen LogP contribution in [0.1, 0.15) is 17.3 Å². The second-order valence-corrected chi connectivity index (χ2v) is 7.97. The van der Waals surface area contributed by atoms with Crippen LogP contribution >= 0.6 is 23.2 Å². The first-order chi connectivity index (χ1) is 12.7. The van der Waals surface area contributed by atoms with E-state index in [-0.39, 0.29) is 26.2 Å². The molecule has 0 unspecified atom stereocenters. The summed E-state index contributed by atoms with van der Waals surface area (Å²) in [6, 6.07) is 9.01. The van der Waals surface area contributed by atoms with Gasteiger partial charge in [0, 0.05) is 5.02 Å². The molecule has 27 heavy (non-hydrogen) atoms. The van der Waals surface area contributed by atoms with Crippen LogP contribution in [0.15, 0.2) is 47.4 Å². The Hall–Kier alpha value is -2.13. The van der Waals surface area contributed by atoms with Crippen molar-refractivity contribution in [1.29, 1.82) is 0 Å². The van der Waals surface area contributed by atoms with Crippen molar-refractivity contribution in [2.45, 2.75) is 17.9 Å². The maximum atomic E-state index is 12.5. The Morgan fingerprint density at radius 3 is 2.44 bits per heavy atom. The number of rotatable bonds is 6. The van der Waals surface area contributed by atoms with Crippen molar-refractivity contribution < 1.29 is 22.7 Å². The van der Waals surface area contributed by atoms with E-state index in [2.05, 4.69) is 14.8 Å². The number of anilines is 1.